The zero-order chi connectivity index (χ0) is 43.2. The highest BCUT2D eigenvalue weighted by molar-refractivity contribution is 6.00. The molecule has 0 fully saturated rings. The van der Waals surface area contributed by atoms with E-state index in [4.69, 9.17) is 4.74 Å². The number of amides is 2. The first-order chi connectivity index (χ1) is 29.6. The molecule has 0 heterocycles. The number of nitrogens with one attached hydrogen (secondary N) is 2. The van der Waals surface area contributed by atoms with Crippen molar-refractivity contribution in [2.75, 3.05) is 19.7 Å². The summed E-state index contributed by atoms with van der Waals surface area (Å²) in [6.07, 6.45) is 54.1. The molecular weight excluding hydrogens is 737 g/mol. The molecule has 5 heteroatoms. The Bertz CT molecular complexity index is 1070. The minimum absolute atomic E-state index is 0.0790. The average Bonchev–Trinajstić information content (AvgIpc) is 3.26. The first kappa shape index (κ1) is 56.0. The highest BCUT2D eigenvalue weighted by Gasteiger charge is 2.16. The molecule has 0 bridgehead atoms. The Kier molecular flexibility index (Phi) is 42.0. The zero-order valence-corrected chi connectivity index (χ0v) is 40.6. The Morgan fingerprint density at radius 1 is 0.367 bits per heavy atom. The lowest BCUT2D eigenvalue weighted by Gasteiger charge is -2.14. The normalized spacial score (nSPS) is 11.3. The number of ether oxygens (including phenoxy) is 1. The largest absolute Gasteiger partial charge is 0.493 e. The second kappa shape index (κ2) is 45.0. The first-order valence-corrected chi connectivity index (χ1v) is 27.0. The molecule has 0 aliphatic heterocycles. The van der Waals surface area contributed by atoms with E-state index in [9.17, 15) is 9.59 Å². The molecule has 60 heavy (non-hydrogen) atoms. The monoisotopic (exact) mass is 839 g/mol. The van der Waals surface area contributed by atoms with Crippen LogP contribution in [0.5, 0.6) is 5.75 Å². The number of hydrogen-bond donors (Lipinski definition) is 2. The van der Waals surface area contributed by atoms with Gasteiger partial charge in [0.2, 0.25) is 0 Å². The summed E-state index contributed by atoms with van der Waals surface area (Å²) in [5.41, 5.74) is 1.11. The van der Waals surface area contributed by atoms with Gasteiger partial charge in [-0.15, -0.1) is 0 Å². The van der Waals surface area contributed by atoms with Crippen molar-refractivity contribution < 1.29 is 14.3 Å². The molecule has 1 aromatic rings. The fourth-order valence-electron chi connectivity index (χ4n) is 8.51. The molecular formula is C55H102N2O3. The van der Waals surface area contributed by atoms with Gasteiger partial charge in [0, 0.05) is 18.7 Å². The molecule has 0 saturated carbocycles. The maximum Gasteiger partial charge on any atom is 0.255 e. The molecule has 0 spiro atoms. The predicted octanol–water partition coefficient (Wildman–Crippen LogP) is 17.6. The van der Waals surface area contributed by atoms with Gasteiger partial charge >= 0.3 is 0 Å². The maximum atomic E-state index is 13.4. The first-order valence-electron chi connectivity index (χ1n) is 27.0. The highest BCUT2D eigenvalue weighted by atomic mass is 16.5. The molecule has 0 aromatic heterocycles. The van der Waals surface area contributed by atoms with Crippen molar-refractivity contribution in [3.05, 3.63) is 29.3 Å². The summed E-state index contributed by atoms with van der Waals surface area (Å²) in [6.45, 7) is 8.78. The van der Waals surface area contributed by atoms with Crippen molar-refractivity contribution >= 4 is 11.8 Å². The Balaban J connectivity index is 2.38. The molecule has 0 radical (unpaired) electrons. The molecule has 0 saturated heterocycles. The standard InChI is InChI=1S/C55H102N2O3/c1-4-7-10-13-16-19-22-24-26-28-30-33-36-39-42-47-56-54(58)51-45-46-52(53(50-51)60-49-44-41-38-35-32-21-18-15-12-9-6-3)55(59)57-48-43-40-37-34-31-29-27-25-23-20-17-14-11-8-5-2/h45-46,50H,4-44,47-49H2,1-3H3,(H,56,58)(H,57,59). The quantitative estimate of drug-likeness (QED) is 0.0643. The summed E-state index contributed by atoms with van der Waals surface area (Å²) >= 11 is 0. The molecule has 5 nitrogen and oxygen atoms in total. The minimum atomic E-state index is -0.0981. The van der Waals surface area contributed by atoms with Crippen LogP contribution in [0.1, 0.15) is 305 Å². The fraction of sp³-hybridized carbons (Fsp3) is 0.855. The van der Waals surface area contributed by atoms with Crippen LogP contribution in [-0.2, 0) is 0 Å². The molecule has 2 amide bonds. The minimum Gasteiger partial charge on any atom is -0.493 e. The van der Waals surface area contributed by atoms with Gasteiger partial charge in [-0.2, -0.15) is 0 Å². The topological polar surface area (TPSA) is 67.4 Å². The van der Waals surface area contributed by atoms with Crippen molar-refractivity contribution in [1.82, 2.24) is 10.6 Å². The molecule has 0 unspecified atom stereocenters. The van der Waals surface area contributed by atoms with Crippen LogP contribution in [-0.4, -0.2) is 31.5 Å². The number of hydrogen-bond acceptors (Lipinski definition) is 3. The van der Waals surface area contributed by atoms with E-state index in [-0.39, 0.29) is 11.8 Å². The number of unbranched alkanes of at least 4 members (excludes halogenated alkanes) is 38. The Hall–Kier alpha value is -2.04. The third kappa shape index (κ3) is 35.5. The predicted molar refractivity (Wildman–Crippen MR) is 263 cm³/mol. The van der Waals surface area contributed by atoms with E-state index in [2.05, 4.69) is 31.4 Å². The van der Waals surface area contributed by atoms with Gasteiger partial charge in [0.05, 0.1) is 12.2 Å². The lowest BCUT2D eigenvalue weighted by molar-refractivity contribution is 0.0937. The summed E-state index contributed by atoms with van der Waals surface area (Å²) in [6, 6.07) is 5.38. The Labute approximate surface area is 374 Å². The van der Waals surface area contributed by atoms with E-state index >= 15 is 0 Å². The van der Waals surface area contributed by atoms with Crippen LogP contribution >= 0.6 is 0 Å². The second-order valence-electron chi connectivity index (χ2n) is 18.5. The van der Waals surface area contributed by atoms with Crippen molar-refractivity contribution in [2.24, 2.45) is 0 Å². The van der Waals surface area contributed by atoms with Gasteiger partial charge in [-0.3, -0.25) is 9.59 Å². The van der Waals surface area contributed by atoms with Gasteiger partial charge < -0.3 is 15.4 Å². The third-order valence-corrected chi connectivity index (χ3v) is 12.6. The van der Waals surface area contributed by atoms with Crippen molar-refractivity contribution in [1.29, 1.82) is 0 Å². The number of carbonyl (C=O) groups is 2. The molecule has 0 atom stereocenters. The molecule has 0 aliphatic rings. The van der Waals surface area contributed by atoms with Crippen LogP contribution in [0.15, 0.2) is 18.2 Å². The summed E-state index contributed by atoms with van der Waals surface area (Å²) < 4.78 is 6.26. The van der Waals surface area contributed by atoms with Gasteiger partial charge in [-0.25, -0.2) is 0 Å². The van der Waals surface area contributed by atoms with E-state index in [1.807, 2.05) is 0 Å². The van der Waals surface area contributed by atoms with Crippen molar-refractivity contribution in [3.8, 4) is 5.75 Å². The maximum absolute atomic E-state index is 13.4. The van der Waals surface area contributed by atoms with E-state index in [0.717, 1.165) is 38.5 Å². The van der Waals surface area contributed by atoms with E-state index in [0.29, 0.717) is 36.6 Å². The van der Waals surface area contributed by atoms with Crippen LogP contribution in [0.2, 0.25) is 0 Å². The number of benzene rings is 1. The van der Waals surface area contributed by atoms with Crippen LogP contribution in [0.25, 0.3) is 0 Å². The van der Waals surface area contributed by atoms with Crippen LogP contribution in [0, 0.1) is 0 Å². The van der Waals surface area contributed by atoms with E-state index < -0.39 is 0 Å². The highest BCUT2D eigenvalue weighted by Crippen LogP contribution is 2.23. The lowest BCUT2D eigenvalue weighted by atomic mass is 10.0. The lowest BCUT2D eigenvalue weighted by Crippen LogP contribution is -2.26. The number of rotatable bonds is 47. The van der Waals surface area contributed by atoms with Crippen molar-refractivity contribution in [2.45, 2.75) is 284 Å². The van der Waals surface area contributed by atoms with Crippen LogP contribution in [0.4, 0.5) is 0 Å². The Morgan fingerprint density at radius 2 is 0.650 bits per heavy atom. The summed E-state index contributed by atoms with van der Waals surface area (Å²) in [7, 11) is 0. The van der Waals surface area contributed by atoms with E-state index in [1.54, 1.807) is 18.2 Å². The molecule has 2 N–H and O–H groups in total. The molecule has 0 aliphatic carbocycles. The van der Waals surface area contributed by atoms with Gasteiger partial charge in [-0.1, -0.05) is 265 Å². The SMILES string of the molecule is CCCCCCCCCCCCCCCCCNC(=O)c1ccc(C(=O)NCCCCCCCCCCCCCCCCC)c(OCCCCCCCCCCCCC)c1. The van der Waals surface area contributed by atoms with Gasteiger partial charge in [0.25, 0.3) is 11.8 Å². The van der Waals surface area contributed by atoms with E-state index in [1.165, 1.54) is 225 Å². The van der Waals surface area contributed by atoms with Gasteiger partial charge in [0.1, 0.15) is 5.75 Å². The average molecular weight is 839 g/mol. The van der Waals surface area contributed by atoms with Crippen LogP contribution in [0.3, 0.4) is 0 Å². The van der Waals surface area contributed by atoms with Gasteiger partial charge in [-0.05, 0) is 37.5 Å². The Morgan fingerprint density at radius 3 is 0.983 bits per heavy atom. The smallest absolute Gasteiger partial charge is 0.255 e. The molecule has 1 rings (SSSR count). The van der Waals surface area contributed by atoms with Crippen LogP contribution < -0.4 is 15.4 Å². The third-order valence-electron chi connectivity index (χ3n) is 12.6. The van der Waals surface area contributed by atoms with Gasteiger partial charge in [0.15, 0.2) is 0 Å². The molecule has 350 valence electrons. The zero-order valence-electron chi connectivity index (χ0n) is 40.6. The number of carbonyl (C=O) groups excluding carboxylic acids is 2. The van der Waals surface area contributed by atoms with Crippen molar-refractivity contribution in [3.63, 3.8) is 0 Å². The fourth-order valence-corrected chi connectivity index (χ4v) is 8.51. The summed E-state index contributed by atoms with van der Waals surface area (Å²) in [5.74, 6) is 0.361. The second-order valence-corrected chi connectivity index (χ2v) is 18.5. The summed E-state index contributed by atoms with van der Waals surface area (Å²) in [5, 5.41) is 6.27. The summed E-state index contributed by atoms with van der Waals surface area (Å²) in [4.78, 5) is 26.5. The molecule has 1 aromatic carbocycles.